The standard InChI is InChI=1S/C13H17N3O5/c1-7(11(17)16-13(19)15-2)21-9-6-4-5-8(14)10(9)12(18)20-3/h4-7H,14H2,1-3H3,(H2,15,16,17,19). The van der Waals surface area contributed by atoms with Gasteiger partial charge in [0, 0.05) is 12.7 Å². The molecule has 0 aliphatic rings. The number of esters is 1. The molecule has 0 spiro atoms. The number of methoxy groups -OCH3 is 1. The lowest BCUT2D eigenvalue weighted by molar-refractivity contribution is -0.126. The van der Waals surface area contributed by atoms with Crippen molar-refractivity contribution in [3.63, 3.8) is 0 Å². The molecular formula is C13H17N3O5. The van der Waals surface area contributed by atoms with Gasteiger partial charge < -0.3 is 20.5 Å². The van der Waals surface area contributed by atoms with Gasteiger partial charge in [0.25, 0.3) is 5.91 Å². The van der Waals surface area contributed by atoms with Gasteiger partial charge in [0.1, 0.15) is 11.3 Å². The Hall–Kier alpha value is -2.77. The molecule has 1 aromatic carbocycles. The summed E-state index contributed by atoms with van der Waals surface area (Å²) in [5.74, 6) is -1.24. The number of hydrogen-bond donors (Lipinski definition) is 3. The van der Waals surface area contributed by atoms with Crippen molar-refractivity contribution in [1.29, 1.82) is 0 Å². The Morgan fingerprint density at radius 3 is 2.52 bits per heavy atom. The van der Waals surface area contributed by atoms with Gasteiger partial charge in [-0.15, -0.1) is 0 Å². The van der Waals surface area contributed by atoms with Crippen molar-refractivity contribution in [3.05, 3.63) is 23.8 Å². The number of anilines is 1. The number of imide groups is 1. The van der Waals surface area contributed by atoms with Crippen molar-refractivity contribution in [2.24, 2.45) is 0 Å². The Bertz CT molecular complexity index is 559. The van der Waals surface area contributed by atoms with Gasteiger partial charge in [-0.3, -0.25) is 10.1 Å². The third-order valence-electron chi connectivity index (χ3n) is 2.58. The topological polar surface area (TPSA) is 120 Å². The molecule has 114 valence electrons. The second-order valence-corrected chi connectivity index (χ2v) is 4.04. The van der Waals surface area contributed by atoms with Crippen LogP contribution in [0.5, 0.6) is 5.75 Å². The van der Waals surface area contributed by atoms with Crippen LogP contribution in [0, 0.1) is 0 Å². The van der Waals surface area contributed by atoms with Gasteiger partial charge in [-0.2, -0.15) is 0 Å². The van der Waals surface area contributed by atoms with E-state index in [-0.39, 0.29) is 17.0 Å². The van der Waals surface area contributed by atoms with Crippen LogP contribution >= 0.6 is 0 Å². The Morgan fingerprint density at radius 2 is 1.95 bits per heavy atom. The summed E-state index contributed by atoms with van der Waals surface area (Å²) in [5, 5.41) is 4.31. The molecule has 4 N–H and O–H groups in total. The van der Waals surface area contributed by atoms with E-state index in [1.807, 2.05) is 0 Å². The fourth-order valence-corrected chi connectivity index (χ4v) is 1.49. The smallest absolute Gasteiger partial charge is 0.343 e. The van der Waals surface area contributed by atoms with Gasteiger partial charge in [-0.1, -0.05) is 6.07 Å². The molecule has 0 aliphatic carbocycles. The first-order valence-electron chi connectivity index (χ1n) is 6.06. The summed E-state index contributed by atoms with van der Waals surface area (Å²) in [6.07, 6.45) is -1.01. The van der Waals surface area contributed by atoms with E-state index in [1.54, 1.807) is 6.07 Å². The molecule has 0 bridgehead atoms. The van der Waals surface area contributed by atoms with Crippen molar-refractivity contribution >= 4 is 23.6 Å². The predicted octanol–water partition coefficient (Wildman–Crippen LogP) is 0.278. The maximum absolute atomic E-state index is 11.7. The van der Waals surface area contributed by atoms with E-state index in [4.69, 9.17) is 10.5 Å². The van der Waals surface area contributed by atoms with Gasteiger partial charge in [0.15, 0.2) is 6.10 Å². The predicted molar refractivity (Wildman–Crippen MR) is 74.9 cm³/mol. The van der Waals surface area contributed by atoms with Crippen LogP contribution < -0.4 is 21.1 Å². The molecule has 1 unspecified atom stereocenters. The number of nitrogens with two attached hydrogens (primary N) is 1. The summed E-state index contributed by atoms with van der Waals surface area (Å²) in [4.78, 5) is 34.5. The molecule has 1 aromatic rings. The van der Waals surface area contributed by atoms with Crippen molar-refractivity contribution in [2.45, 2.75) is 13.0 Å². The van der Waals surface area contributed by atoms with Crippen molar-refractivity contribution < 1.29 is 23.9 Å². The highest BCUT2D eigenvalue weighted by Gasteiger charge is 2.22. The van der Waals surface area contributed by atoms with Gasteiger partial charge in [-0.05, 0) is 19.1 Å². The Kier molecular flexibility index (Phi) is 5.53. The molecule has 0 aromatic heterocycles. The third kappa shape index (κ3) is 4.10. The highest BCUT2D eigenvalue weighted by molar-refractivity contribution is 5.99. The van der Waals surface area contributed by atoms with Crippen LogP contribution in [-0.2, 0) is 9.53 Å². The van der Waals surface area contributed by atoms with E-state index >= 15 is 0 Å². The van der Waals surface area contributed by atoms with E-state index in [0.29, 0.717) is 0 Å². The van der Waals surface area contributed by atoms with Gasteiger partial charge in [0.2, 0.25) is 0 Å². The summed E-state index contributed by atoms with van der Waals surface area (Å²) in [6.45, 7) is 1.43. The maximum atomic E-state index is 11.7. The third-order valence-corrected chi connectivity index (χ3v) is 2.58. The summed E-state index contributed by atoms with van der Waals surface area (Å²) in [6, 6.07) is 3.90. The number of benzene rings is 1. The molecule has 0 saturated heterocycles. The van der Waals surface area contributed by atoms with E-state index < -0.39 is 24.0 Å². The molecule has 3 amide bonds. The average molecular weight is 295 g/mol. The van der Waals surface area contributed by atoms with Crippen molar-refractivity contribution in [1.82, 2.24) is 10.6 Å². The van der Waals surface area contributed by atoms with Crippen molar-refractivity contribution in [3.8, 4) is 5.75 Å². The molecule has 8 nitrogen and oxygen atoms in total. The largest absolute Gasteiger partial charge is 0.480 e. The Morgan fingerprint density at radius 1 is 1.29 bits per heavy atom. The van der Waals surface area contributed by atoms with E-state index in [2.05, 4.69) is 15.4 Å². The molecule has 1 rings (SSSR count). The van der Waals surface area contributed by atoms with Gasteiger partial charge >= 0.3 is 12.0 Å². The number of nitrogen functional groups attached to an aromatic ring is 1. The van der Waals surface area contributed by atoms with Crippen LogP contribution in [0.25, 0.3) is 0 Å². The van der Waals surface area contributed by atoms with Crippen LogP contribution in [0.3, 0.4) is 0 Å². The fourth-order valence-electron chi connectivity index (χ4n) is 1.49. The monoisotopic (exact) mass is 295 g/mol. The highest BCUT2D eigenvalue weighted by atomic mass is 16.5. The second-order valence-electron chi connectivity index (χ2n) is 4.04. The number of urea groups is 1. The minimum Gasteiger partial charge on any atom is -0.480 e. The molecule has 1 atom stereocenters. The first-order valence-corrected chi connectivity index (χ1v) is 6.06. The van der Waals surface area contributed by atoms with Crippen LogP contribution in [0.2, 0.25) is 0 Å². The fraction of sp³-hybridized carbons (Fsp3) is 0.308. The number of rotatable bonds is 4. The Labute approximate surface area is 121 Å². The average Bonchev–Trinajstić information content (AvgIpc) is 2.46. The molecule has 8 heteroatoms. The van der Waals surface area contributed by atoms with Gasteiger partial charge in [0.05, 0.1) is 7.11 Å². The van der Waals surface area contributed by atoms with Crippen LogP contribution in [0.1, 0.15) is 17.3 Å². The molecule has 0 radical (unpaired) electrons. The second kappa shape index (κ2) is 7.13. The molecule has 0 saturated carbocycles. The minimum absolute atomic E-state index is 0.0274. The number of ether oxygens (including phenoxy) is 2. The summed E-state index contributed by atoms with van der Waals surface area (Å²) < 4.78 is 10.0. The lowest BCUT2D eigenvalue weighted by Crippen LogP contribution is -2.44. The minimum atomic E-state index is -1.01. The number of nitrogens with one attached hydrogen (secondary N) is 2. The summed E-state index contributed by atoms with van der Waals surface area (Å²) in [7, 11) is 2.58. The lowest BCUT2D eigenvalue weighted by Gasteiger charge is -2.17. The Balaban J connectivity index is 2.92. The molecule has 0 heterocycles. The molecule has 21 heavy (non-hydrogen) atoms. The number of hydrogen-bond acceptors (Lipinski definition) is 6. The zero-order chi connectivity index (χ0) is 16.0. The maximum Gasteiger partial charge on any atom is 0.343 e. The quantitative estimate of drug-likeness (QED) is 0.542. The van der Waals surface area contributed by atoms with Crippen LogP contribution in [0.4, 0.5) is 10.5 Å². The zero-order valence-corrected chi connectivity index (χ0v) is 11.9. The van der Waals surface area contributed by atoms with E-state index in [0.717, 1.165) is 0 Å². The zero-order valence-electron chi connectivity index (χ0n) is 11.9. The number of amides is 3. The van der Waals surface area contributed by atoms with E-state index in [1.165, 1.54) is 33.2 Å². The summed E-state index contributed by atoms with van der Waals surface area (Å²) in [5.41, 5.74) is 5.90. The number of carbonyl (C=O) groups excluding carboxylic acids is 3. The van der Waals surface area contributed by atoms with E-state index in [9.17, 15) is 14.4 Å². The van der Waals surface area contributed by atoms with Crippen LogP contribution in [0.15, 0.2) is 18.2 Å². The lowest BCUT2D eigenvalue weighted by atomic mass is 10.1. The molecule has 0 aliphatic heterocycles. The van der Waals surface area contributed by atoms with Crippen molar-refractivity contribution in [2.75, 3.05) is 19.9 Å². The highest BCUT2D eigenvalue weighted by Crippen LogP contribution is 2.26. The first kappa shape index (κ1) is 16.3. The summed E-state index contributed by atoms with van der Waals surface area (Å²) >= 11 is 0. The first-order chi connectivity index (χ1) is 9.90. The molecule has 0 fully saturated rings. The number of carbonyl (C=O) groups is 3. The van der Waals surface area contributed by atoms with Gasteiger partial charge in [-0.25, -0.2) is 9.59 Å². The van der Waals surface area contributed by atoms with Crippen LogP contribution in [-0.4, -0.2) is 38.2 Å². The molecular weight excluding hydrogens is 278 g/mol. The normalized spacial score (nSPS) is 11.2. The SMILES string of the molecule is CNC(=O)NC(=O)C(C)Oc1cccc(N)c1C(=O)OC.